The van der Waals surface area contributed by atoms with E-state index in [1.807, 2.05) is 6.92 Å². The fraction of sp³-hybridized carbons (Fsp3) is 0.786. The normalized spacial score (nSPS) is 37.1. The lowest BCUT2D eigenvalue weighted by molar-refractivity contribution is -0.149. The molecule has 0 aromatic heterocycles. The standard InChI is InChI=1S/C14H23N3O2S/c1-8-5-14(6-8,12(16)20)13(19)17-7-10(11(15)18)4-3-9(17)2/h8-10H,3-7H2,1-2H3,(H2,15,18)(H2,16,20). The number of carbonyl (C=O) groups excluding carboxylic acids is 2. The van der Waals surface area contributed by atoms with Crippen molar-refractivity contribution in [2.75, 3.05) is 6.54 Å². The molecule has 0 radical (unpaired) electrons. The first-order valence-corrected chi connectivity index (χ1v) is 7.59. The lowest BCUT2D eigenvalue weighted by atomic mass is 9.61. The van der Waals surface area contributed by atoms with Crippen LogP contribution in [0.2, 0.25) is 0 Å². The van der Waals surface area contributed by atoms with Crippen LogP contribution in [0.1, 0.15) is 39.5 Å². The minimum atomic E-state index is -0.692. The number of nitrogens with zero attached hydrogens (tertiary/aromatic N) is 1. The summed E-state index contributed by atoms with van der Waals surface area (Å²) in [6.45, 7) is 4.49. The van der Waals surface area contributed by atoms with E-state index >= 15 is 0 Å². The molecule has 2 rings (SSSR count). The second-order valence-electron chi connectivity index (χ2n) is 6.44. The summed E-state index contributed by atoms with van der Waals surface area (Å²) in [5.74, 6) is -0.133. The first-order valence-electron chi connectivity index (χ1n) is 7.18. The highest BCUT2D eigenvalue weighted by molar-refractivity contribution is 7.80. The molecule has 6 heteroatoms. The molecule has 2 aliphatic rings. The van der Waals surface area contributed by atoms with Crippen molar-refractivity contribution >= 4 is 29.0 Å². The molecule has 0 aromatic carbocycles. The van der Waals surface area contributed by atoms with Crippen LogP contribution in [0.25, 0.3) is 0 Å². The van der Waals surface area contributed by atoms with Crippen LogP contribution in [0.5, 0.6) is 0 Å². The third-order valence-corrected chi connectivity index (χ3v) is 5.21. The fourth-order valence-corrected chi connectivity index (χ4v) is 3.76. The van der Waals surface area contributed by atoms with Crippen molar-refractivity contribution in [3.05, 3.63) is 0 Å². The van der Waals surface area contributed by atoms with Gasteiger partial charge in [-0.05, 0) is 38.5 Å². The molecular formula is C14H23N3O2S. The highest BCUT2D eigenvalue weighted by Gasteiger charge is 2.53. The van der Waals surface area contributed by atoms with E-state index in [0.717, 1.165) is 12.8 Å². The summed E-state index contributed by atoms with van der Waals surface area (Å²) < 4.78 is 0. The van der Waals surface area contributed by atoms with Crippen LogP contribution >= 0.6 is 12.2 Å². The molecule has 1 heterocycles. The molecule has 1 aliphatic carbocycles. The Kier molecular flexibility index (Phi) is 4.04. The largest absolute Gasteiger partial charge is 0.392 e. The molecule has 2 atom stereocenters. The van der Waals surface area contributed by atoms with E-state index in [0.29, 0.717) is 25.3 Å². The van der Waals surface area contributed by atoms with Crippen LogP contribution in [0.4, 0.5) is 0 Å². The number of amides is 2. The summed E-state index contributed by atoms with van der Waals surface area (Å²) in [6, 6.07) is 0.111. The third-order valence-electron chi connectivity index (χ3n) is 4.82. The number of likely N-dealkylation sites (tertiary alicyclic amines) is 1. The zero-order valence-electron chi connectivity index (χ0n) is 12.1. The fourth-order valence-electron chi connectivity index (χ4n) is 3.51. The Bertz CT molecular complexity index is 446. The van der Waals surface area contributed by atoms with Gasteiger partial charge in [-0.15, -0.1) is 0 Å². The van der Waals surface area contributed by atoms with Gasteiger partial charge in [0.2, 0.25) is 11.8 Å². The maximum absolute atomic E-state index is 12.9. The quantitative estimate of drug-likeness (QED) is 0.754. The smallest absolute Gasteiger partial charge is 0.235 e. The Morgan fingerprint density at radius 2 is 1.80 bits per heavy atom. The average molecular weight is 297 g/mol. The summed E-state index contributed by atoms with van der Waals surface area (Å²) in [5, 5.41) is 0. The molecule has 2 amide bonds. The van der Waals surface area contributed by atoms with Crippen LogP contribution in [-0.2, 0) is 9.59 Å². The second-order valence-corrected chi connectivity index (χ2v) is 6.88. The maximum atomic E-state index is 12.9. The van der Waals surface area contributed by atoms with Gasteiger partial charge in [-0.25, -0.2) is 0 Å². The number of hydrogen-bond donors (Lipinski definition) is 2. The Hall–Kier alpha value is -1.17. The molecule has 1 saturated carbocycles. The van der Waals surface area contributed by atoms with Crippen molar-refractivity contribution < 1.29 is 9.59 Å². The number of hydrogen-bond acceptors (Lipinski definition) is 3. The average Bonchev–Trinajstić information content (AvgIpc) is 2.33. The Morgan fingerprint density at radius 1 is 1.20 bits per heavy atom. The van der Waals surface area contributed by atoms with Gasteiger partial charge in [0.1, 0.15) is 0 Å². The number of primary amides is 1. The van der Waals surface area contributed by atoms with Crippen LogP contribution < -0.4 is 11.5 Å². The SMILES string of the molecule is CC1CC(C(=O)N2CC(C(N)=O)CCC2C)(C(N)=S)C1. The molecule has 2 fully saturated rings. The number of piperidine rings is 1. The Balaban J connectivity index is 2.18. The van der Waals surface area contributed by atoms with E-state index in [2.05, 4.69) is 6.92 Å². The summed E-state index contributed by atoms with van der Waals surface area (Å²) in [6.07, 6.45) is 2.97. The number of rotatable bonds is 3. The van der Waals surface area contributed by atoms with E-state index in [-0.39, 0.29) is 28.8 Å². The van der Waals surface area contributed by atoms with Crippen molar-refractivity contribution in [3.8, 4) is 0 Å². The number of nitrogens with two attached hydrogens (primary N) is 2. The van der Waals surface area contributed by atoms with Crippen molar-refractivity contribution in [2.24, 2.45) is 28.7 Å². The van der Waals surface area contributed by atoms with E-state index in [1.54, 1.807) is 4.90 Å². The predicted molar refractivity (Wildman–Crippen MR) is 80.7 cm³/mol. The molecule has 4 N–H and O–H groups in total. The van der Waals surface area contributed by atoms with Gasteiger partial charge < -0.3 is 16.4 Å². The van der Waals surface area contributed by atoms with Crippen LogP contribution in [-0.4, -0.2) is 34.3 Å². The number of thiocarbonyl (C=S) groups is 1. The van der Waals surface area contributed by atoms with E-state index in [4.69, 9.17) is 23.7 Å². The third kappa shape index (κ3) is 2.41. The monoisotopic (exact) mass is 297 g/mol. The van der Waals surface area contributed by atoms with E-state index in [1.165, 1.54) is 0 Å². The topological polar surface area (TPSA) is 89.4 Å². The molecular weight excluding hydrogens is 274 g/mol. The molecule has 0 aromatic rings. The highest BCUT2D eigenvalue weighted by Crippen LogP contribution is 2.48. The Labute approximate surface area is 125 Å². The molecule has 5 nitrogen and oxygen atoms in total. The van der Waals surface area contributed by atoms with Crippen LogP contribution in [0.15, 0.2) is 0 Å². The minimum Gasteiger partial charge on any atom is -0.392 e. The van der Waals surface area contributed by atoms with Gasteiger partial charge in [-0.1, -0.05) is 19.1 Å². The van der Waals surface area contributed by atoms with Gasteiger partial charge in [-0.3, -0.25) is 9.59 Å². The summed E-state index contributed by atoms with van der Waals surface area (Å²) in [4.78, 5) is 26.3. The maximum Gasteiger partial charge on any atom is 0.235 e. The van der Waals surface area contributed by atoms with Gasteiger partial charge in [0.15, 0.2) is 0 Å². The predicted octanol–water partition coefficient (Wildman–Crippen LogP) is 0.801. The van der Waals surface area contributed by atoms with Gasteiger partial charge in [0.05, 0.1) is 16.3 Å². The molecule has 0 bridgehead atoms. The summed E-state index contributed by atoms with van der Waals surface area (Å²) in [5.41, 5.74) is 10.5. The summed E-state index contributed by atoms with van der Waals surface area (Å²) in [7, 11) is 0. The Morgan fingerprint density at radius 3 is 2.25 bits per heavy atom. The van der Waals surface area contributed by atoms with Gasteiger partial charge >= 0.3 is 0 Å². The van der Waals surface area contributed by atoms with E-state index < -0.39 is 5.41 Å². The van der Waals surface area contributed by atoms with Crippen molar-refractivity contribution in [1.29, 1.82) is 0 Å². The lowest BCUT2D eigenvalue weighted by Crippen LogP contribution is -2.60. The van der Waals surface area contributed by atoms with E-state index in [9.17, 15) is 9.59 Å². The molecule has 1 aliphatic heterocycles. The van der Waals surface area contributed by atoms with Gasteiger partial charge in [0.25, 0.3) is 0 Å². The minimum absolute atomic E-state index is 0.0125. The van der Waals surface area contributed by atoms with Crippen LogP contribution in [0, 0.1) is 17.3 Å². The van der Waals surface area contributed by atoms with Crippen molar-refractivity contribution in [3.63, 3.8) is 0 Å². The molecule has 1 saturated heterocycles. The van der Waals surface area contributed by atoms with Gasteiger partial charge in [0, 0.05) is 12.6 Å². The zero-order valence-corrected chi connectivity index (χ0v) is 12.9. The molecule has 0 spiro atoms. The van der Waals surface area contributed by atoms with Crippen LogP contribution in [0.3, 0.4) is 0 Å². The first-order chi connectivity index (χ1) is 9.28. The van der Waals surface area contributed by atoms with Gasteiger partial charge in [-0.2, -0.15) is 0 Å². The second kappa shape index (κ2) is 5.31. The lowest BCUT2D eigenvalue weighted by Gasteiger charge is -2.49. The van der Waals surface area contributed by atoms with Crippen molar-refractivity contribution in [1.82, 2.24) is 4.90 Å². The zero-order chi connectivity index (χ0) is 15.1. The number of carbonyl (C=O) groups is 2. The molecule has 20 heavy (non-hydrogen) atoms. The molecule has 2 unspecified atom stereocenters. The highest BCUT2D eigenvalue weighted by atomic mass is 32.1. The molecule has 112 valence electrons. The first kappa shape index (κ1) is 15.2. The summed E-state index contributed by atoms with van der Waals surface area (Å²) >= 11 is 5.14. The van der Waals surface area contributed by atoms with Crippen molar-refractivity contribution in [2.45, 2.75) is 45.6 Å².